The number of hydrogen-bond donors (Lipinski definition) is 1. The van der Waals surface area contributed by atoms with Gasteiger partial charge in [-0.05, 0) is 27.8 Å². The molecule has 0 aromatic rings. The van der Waals surface area contributed by atoms with Crippen molar-refractivity contribution in [3.63, 3.8) is 0 Å². The Balaban J connectivity index is 2.56. The van der Waals surface area contributed by atoms with Gasteiger partial charge in [-0.2, -0.15) is 0 Å². The highest BCUT2D eigenvalue weighted by Crippen LogP contribution is 2.12. The predicted octanol–water partition coefficient (Wildman–Crippen LogP) is 0.147. The number of carbonyl (C=O) groups excluding carboxylic acids is 1. The maximum absolute atomic E-state index is 11.8. The fraction of sp³-hybridized carbons (Fsp3) is 0.909. The first-order chi connectivity index (χ1) is 7.10. The molecule has 0 aromatic heterocycles. The first kappa shape index (κ1) is 12.5. The number of nitrogens with zero attached hydrogens (tertiary/aromatic N) is 2. The number of rotatable bonds is 4. The minimum atomic E-state index is 0.263. The summed E-state index contributed by atoms with van der Waals surface area (Å²) in [5.74, 6) is 0.263. The molecule has 0 aliphatic carbocycles. The number of hydrogen-bond acceptors (Lipinski definition) is 3. The van der Waals surface area contributed by atoms with E-state index < -0.39 is 0 Å². The summed E-state index contributed by atoms with van der Waals surface area (Å²) >= 11 is 0. The van der Waals surface area contributed by atoms with E-state index in [0.717, 1.165) is 19.6 Å². The topological polar surface area (TPSA) is 35.6 Å². The third kappa shape index (κ3) is 2.92. The second kappa shape index (κ2) is 5.47. The van der Waals surface area contributed by atoms with Crippen LogP contribution in [0.25, 0.3) is 0 Å². The molecule has 1 N–H and O–H groups in total. The molecule has 15 heavy (non-hydrogen) atoms. The molecule has 1 aliphatic heterocycles. The highest BCUT2D eigenvalue weighted by Gasteiger charge is 2.30. The number of nitrogens with one attached hydrogen (secondary N) is 1. The van der Waals surface area contributed by atoms with Crippen molar-refractivity contribution in [1.29, 1.82) is 0 Å². The van der Waals surface area contributed by atoms with Gasteiger partial charge in [0.25, 0.3) is 0 Å². The second-order valence-corrected chi connectivity index (χ2v) is 4.36. The lowest BCUT2D eigenvalue weighted by Gasteiger charge is -2.41. The Morgan fingerprint density at radius 1 is 1.60 bits per heavy atom. The van der Waals surface area contributed by atoms with Crippen molar-refractivity contribution in [1.82, 2.24) is 15.1 Å². The van der Waals surface area contributed by atoms with E-state index in [2.05, 4.69) is 24.1 Å². The Morgan fingerprint density at radius 2 is 2.27 bits per heavy atom. The van der Waals surface area contributed by atoms with Crippen LogP contribution in [0.1, 0.15) is 20.8 Å². The van der Waals surface area contributed by atoms with Crippen molar-refractivity contribution < 1.29 is 4.79 Å². The van der Waals surface area contributed by atoms with E-state index in [-0.39, 0.29) is 5.91 Å². The largest absolute Gasteiger partial charge is 0.338 e. The monoisotopic (exact) mass is 213 g/mol. The highest BCUT2D eigenvalue weighted by molar-refractivity contribution is 5.79. The van der Waals surface area contributed by atoms with E-state index in [4.69, 9.17) is 0 Å². The van der Waals surface area contributed by atoms with Crippen molar-refractivity contribution in [2.24, 2.45) is 0 Å². The molecule has 0 bridgehead atoms. The van der Waals surface area contributed by atoms with Gasteiger partial charge in [-0.3, -0.25) is 9.69 Å². The molecule has 0 aromatic carbocycles. The molecule has 1 rings (SSSR count). The van der Waals surface area contributed by atoms with Crippen molar-refractivity contribution in [2.45, 2.75) is 32.9 Å². The predicted molar refractivity (Wildman–Crippen MR) is 61.8 cm³/mol. The summed E-state index contributed by atoms with van der Waals surface area (Å²) in [5.41, 5.74) is 0. The number of likely N-dealkylation sites (N-methyl/N-ethyl adjacent to an activating group) is 2. The van der Waals surface area contributed by atoms with E-state index in [9.17, 15) is 4.79 Å². The summed E-state index contributed by atoms with van der Waals surface area (Å²) < 4.78 is 0. The van der Waals surface area contributed by atoms with Crippen LogP contribution in [-0.4, -0.2) is 61.0 Å². The van der Waals surface area contributed by atoms with Crippen LogP contribution < -0.4 is 5.32 Å². The molecule has 1 aliphatic rings. The van der Waals surface area contributed by atoms with Gasteiger partial charge in [0, 0.05) is 31.7 Å². The van der Waals surface area contributed by atoms with Crippen LogP contribution in [0.15, 0.2) is 0 Å². The van der Waals surface area contributed by atoms with Gasteiger partial charge in [-0.15, -0.1) is 0 Å². The zero-order valence-corrected chi connectivity index (χ0v) is 10.3. The molecule has 2 atom stereocenters. The van der Waals surface area contributed by atoms with Crippen molar-refractivity contribution in [2.75, 3.05) is 33.2 Å². The van der Waals surface area contributed by atoms with Gasteiger partial charge < -0.3 is 10.2 Å². The molecule has 4 heteroatoms. The van der Waals surface area contributed by atoms with Gasteiger partial charge in [0.2, 0.25) is 5.91 Å². The molecule has 0 spiro atoms. The summed E-state index contributed by atoms with van der Waals surface area (Å²) in [5, 5.41) is 3.15. The van der Waals surface area contributed by atoms with Gasteiger partial charge in [-0.25, -0.2) is 0 Å². The zero-order valence-electron chi connectivity index (χ0n) is 10.3. The molecule has 88 valence electrons. The fourth-order valence-electron chi connectivity index (χ4n) is 2.26. The van der Waals surface area contributed by atoms with Crippen LogP contribution in [0.3, 0.4) is 0 Å². The first-order valence-corrected chi connectivity index (χ1v) is 5.78. The minimum absolute atomic E-state index is 0.263. The molecule has 1 amide bonds. The van der Waals surface area contributed by atoms with Crippen LogP contribution in [0, 0.1) is 0 Å². The average molecular weight is 213 g/mol. The van der Waals surface area contributed by atoms with E-state index in [0.29, 0.717) is 18.6 Å². The van der Waals surface area contributed by atoms with Gasteiger partial charge in [0.15, 0.2) is 0 Å². The average Bonchev–Trinajstić information content (AvgIpc) is 2.17. The van der Waals surface area contributed by atoms with E-state index in [1.54, 1.807) is 0 Å². The van der Waals surface area contributed by atoms with Crippen molar-refractivity contribution >= 4 is 5.91 Å². The smallest absolute Gasteiger partial charge is 0.237 e. The second-order valence-electron chi connectivity index (χ2n) is 4.36. The Hall–Kier alpha value is -0.610. The summed E-state index contributed by atoms with van der Waals surface area (Å²) in [4.78, 5) is 16.0. The van der Waals surface area contributed by atoms with E-state index >= 15 is 0 Å². The third-order valence-corrected chi connectivity index (χ3v) is 3.15. The normalized spacial score (nSPS) is 25.7. The van der Waals surface area contributed by atoms with Crippen LogP contribution in [-0.2, 0) is 4.79 Å². The summed E-state index contributed by atoms with van der Waals surface area (Å²) in [6.45, 7) is 9.66. The first-order valence-electron chi connectivity index (χ1n) is 5.78. The summed E-state index contributed by atoms with van der Waals surface area (Å²) in [6.07, 6.45) is 0. The number of carbonyl (C=O) groups is 1. The van der Waals surface area contributed by atoms with Crippen LogP contribution in [0.4, 0.5) is 0 Å². The Morgan fingerprint density at radius 3 is 2.73 bits per heavy atom. The fourth-order valence-corrected chi connectivity index (χ4v) is 2.26. The van der Waals surface area contributed by atoms with Gasteiger partial charge >= 0.3 is 0 Å². The molecule has 1 fully saturated rings. The molecule has 2 unspecified atom stereocenters. The SMILES string of the molecule is CCN1C(=O)CN(C(C)CNC)CC1C. The standard InChI is InChI=1S/C11H23N3O/c1-5-14-10(3)7-13(8-11(14)15)9(2)6-12-4/h9-10,12H,5-8H2,1-4H3. The Labute approximate surface area is 92.6 Å². The molecule has 1 saturated heterocycles. The summed E-state index contributed by atoms with van der Waals surface area (Å²) in [7, 11) is 1.95. The Kier molecular flexibility index (Phi) is 4.54. The minimum Gasteiger partial charge on any atom is -0.338 e. The Bertz CT molecular complexity index is 220. The van der Waals surface area contributed by atoms with E-state index in [1.165, 1.54) is 0 Å². The molecular weight excluding hydrogens is 190 g/mol. The lowest BCUT2D eigenvalue weighted by atomic mass is 10.1. The van der Waals surface area contributed by atoms with Crippen LogP contribution in [0.2, 0.25) is 0 Å². The van der Waals surface area contributed by atoms with E-state index in [1.807, 2.05) is 18.9 Å². The third-order valence-electron chi connectivity index (χ3n) is 3.15. The lowest BCUT2D eigenvalue weighted by Crippen LogP contribution is -2.58. The van der Waals surface area contributed by atoms with Gasteiger partial charge in [0.05, 0.1) is 6.54 Å². The number of piperazine rings is 1. The molecule has 4 nitrogen and oxygen atoms in total. The van der Waals surface area contributed by atoms with Gasteiger partial charge in [-0.1, -0.05) is 0 Å². The van der Waals surface area contributed by atoms with Crippen molar-refractivity contribution in [3.05, 3.63) is 0 Å². The lowest BCUT2D eigenvalue weighted by molar-refractivity contribution is -0.139. The summed E-state index contributed by atoms with van der Waals surface area (Å²) in [6, 6.07) is 0.774. The maximum atomic E-state index is 11.8. The molecular formula is C11H23N3O. The maximum Gasteiger partial charge on any atom is 0.237 e. The van der Waals surface area contributed by atoms with Gasteiger partial charge in [0.1, 0.15) is 0 Å². The highest BCUT2D eigenvalue weighted by atomic mass is 16.2. The molecule has 0 radical (unpaired) electrons. The zero-order chi connectivity index (χ0) is 11.4. The molecule has 1 heterocycles. The molecule has 0 saturated carbocycles. The van der Waals surface area contributed by atoms with Crippen LogP contribution in [0.5, 0.6) is 0 Å². The number of amides is 1. The van der Waals surface area contributed by atoms with Crippen LogP contribution >= 0.6 is 0 Å². The van der Waals surface area contributed by atoms with Crippen molar-refractivity contribution in [3.8, 4) is 0 Å². The quantitative estimate of drug-likeness (QED) is 0.722.